The van der Waals surface area contributed by atoms with Gasteiger partial charge in [0.2, 0.25) is 0 Å². The largest absolute Gasteiger partial charge is 0.699 e. The van der Waals surface area contributed by atoms with Gasteiger partial charge in [-0.25, -0.2) is 0 Å². The fraction of sp³-hybridized carbons (Fsp3) is 0. The third kappa shape index (κ3) is 2.10. The summed E-state index contributed by atoms with van der Waals surface area (Å²) in [6, 6.07) is 9.10. The SMILES string of the molecule is [Ir].[NH-]c1ccccc1. The van der Waals surface area contributed by atoms with Crippen molar-refractivity contribution < 1.29 is 20.1 Å². The first-order valence-corrected chi connectivity index (χ1v) is 2.16. The third-order valence-electron chi connectivity index (χ3n) is 0.774. The molecule has 8 heavy (non-hydrogen) atoms. The van der Waals surface area contributed by atoms with E-state index in [2.05, 4.69) is 0 Å². The van der Waals surface area contributed by atoms with Gasteiger partial charge in [-0.15, -0.1) is 5.69 Å². The van der Waals surface area contributed by atoms with Crippen molar-refractivity contribution in [3.63, 3.8) is 0 Å². The van der Waals surface area contributed by atoms with Crippen molar-refractivity contribution >= 4 is 5.69 Å². The normalized spacial score (nSPS) is 7.50. The quantitative estimate of drug-likeness (QED) is 0.698. The maximum atomic E-state index is 7.00. The Kier molecular flexibility index (Phi) is 3.49. The molecule has 0 aliphatic heterocycles. The maximum Gasteiger partial charge on any atom is 0 e. The van der Waals surface area contributed by atoms with E-state index in [1.807, 2.05) is 18.2 Å². The van der Waals surface area contributed by atoms with Crippen molar-refractivity contribution in [1.82, 2.24) is 0 Å². The first-order valence-electron chi connectivity index (χ1n) is 2.16. The van der Waals surface area contributed by atoms with Crippen molar-refractivity contribution in [2.45, 2.75) is 0 Å². The Morgan fingerprint density at radius 2 is 1.50 bits per heavy atom. The summed E-state index contributed by atoms with van der Waals surface area (Å²) in [5, 5.41) is 0. The molecule has 1 radical (unpaired) electrons. The topological polar surface area (TPSA) is 23.8 Å². The van der Waals surface area contributed by atoms with E-state index in [0.717, 1.165) is 0 Å². The van der Waals surface area contributed by atoms with E-state index in [0.29, 0.717) is 5.69 Å². The van der Waals surface area contributed by atoms with Crippen LogP contribution in [0.4, 0.5) is 5.69 Å². The number of rotatable bonds is 0. The van der Waals surface area contributed by atoms with Gasteiger partial charge >= 0.3 is 0 Å². The Morgan fingerprint density at radius 1 is 1.00 bits per heavy atom. The van der Waals surface area contributed by atoms with Gasteiger partial charge < -0.3 is 5.73 Å². The number of benzene rings is 1. The van der Waals surface area contributed by atoms with Gasteiger partial charge in [0, 0.05) is 20.1 Å². The average Bonchev–Trinajstić information content (AvgIpc) is 1.69. The second-order valence-electron chi connectivity index (χ2n) is 1.37. The standard InChI is InChI=1S/C6H6N.Ir/c7-6-4-2-1-3-5-6;/h1-5,7H;/q-1;. The van der Waals surface area contributed by atoms with Crippen molar-refractivity contribution in [2.24, 2.45) is 0 Å². The minimum absolute atomic E-state index is 0. The molecule has 0 unspecified atom stereocenters. The Balaban J connectivity index is 0.000000490. The van der Waals surface area contributed by atoms with Crippen LogP contribution in [0.5, 0.6) is 0 Å². The van der Waals surface area contributed by atoms with Crippen LogP contribution in [0.2, 0.25) is 0 Å². The molecule has 1 nitrogen and oxygen atoms in total. The van der Waals surface area contributed by atoms with Gasteiger partial charge in [0.15, 0.2) is 0 Å². The summed E-state index contributed by atoms with van der Waals surface area (Å²) in [7, 11) is 0. The zero-order valence-corrected chi connectivity index (χ0v) is 6.62. The van der Waals surface area contributed by atoms with Crippen LogP contribution in [-0.2, 0) is 20.1 Å². The van der Waals surface area contributed by atoms with Crippen LogP contribution in [-0.4, -0.2) is 0 Å². The van der Waals surface area contributed by atoms with Crippen molar-refractivity contribution in [1.29, 1.82) is 0 Å². The van der Waals surface area contributed by atoms with E-state index in [1.54, 1.807) is 12.1 Å². The molecule has 0 spiro atoms. The monoisotopic (exact) mass is 285 g/mol. The molecule has 2 heteroatoms. The number of hydrogen-bond donors (Lipinski definition) is 0. The van der Waals surface area contributed by atoms with Crippen LogP contribution in [0.15, 0.2) is 30.3 Å². The molecule has 45 valence electrons. The molecule has 0 bridgehead atoms. The van der Waals surface area contributed by atoms with E-state index in [9.17, 15) is 0 Å². The minimum Gasteiger partial charge on any atom is -0.699 e. The van der Waals surface area contributed by atoms with E-state index < -0.39 is 0 Å². The molecule has 1 aromatic carbocycles. The molecule has 0 atom stereocenters. The third-order valence-corrected chi connectivity index (χ3v) is 0.774. The van der Waals surface area contributed by atoms with Crippen molar-refractivity contribution in [3.8, 4) is 0 Å². The van der Waals surface area contributed by atoms with Gasteiger partial charge in [-0.05, 0) is 0 Å². The summed E-state index contributed by atoms with van der Waals surface area (Å²) < 4.78 is 0. The van der Waals surface area contributed by atoms with Gasteiger partial charge in [-0.3, -0.25) is 0 Å². The van der Waals surface area contributed by atoms with Crippen LogP contribution >= 0.6 is 0 Å². The van der Waals surface area contributed by atoms with Crippen LogP contribution in [0, 0.1) is 0 Å². The van der Waals surface area contributed by atoms with Gasteiger partial charge in [-0.1, -0.05) is 30.3 Å². The smallest absolute Gasteiger partial charge is 0 e. The molecular formula is C6H6IrN-. The number of nitrogens with one attached hydrogen (secondary N) is 1. The molecule has 1 N–H and O–H groups in total. The molecule has 1 aromatic rings. The average molecular weight is 284 g/mol. The van der Waals surface area contributed by atoms with E-state index >= 15 is 0 Å². The minimum atomic E-state index is 0. The van der Waals surface area contributed by atoms with Gasteiger partial charge in [0.25, 0.3) is 0 Å². The molecule has 0 aliphatic carbocycles. The van der Waals surface area contributed by atoms with Gasteiger partial charge in [0.1, 0.15) is 0 Å². The van der Waals surface area contributed by atoms with E-state index in [1.165, 1.54) is 0 Å². The molecule has 0 saturated carbocycles. The van der Waals surface area contributed by atoms with Crippen LogP contribution in [0.1, 0.15) is 0 Å². The summed E-state index contributed by atoms with van der Waals surface area (Å²) >= 11 is 0. The molecule has 0 aliphatic rings. The Hall–Kier alpha value is -0.331. The molecule has 0 heterocycles. The fourth-order valence-electron chi connectivity index (χ4n) is 0.438. The zero-order chi connectivity index (χ0) is 5.11. The first-order chi connectivity index (χ1) is 3.39. The maximum absolute atomic E-state index is 7.00. The molecule has 1 rings (SSSR count). The second-order valence-corrected chi connectivity index (χ2v) is 1.37. The Bertz CT molecular complexity index is 138. The Labute approximate surface area is 62.2 Å². The van der Waals surface area contributed by atoms with Crippen molar-refractivity contribution in [2.75, 3.05) is 0 Å². The summed E-state index contributed by atoms with van der Waals surface area (Å²) in [5.41, 5.74) is 7.57. The van der Waals surface area contributed by atoms with E-state index in [4.69, 9.17) is 5.73 Å². The van der Waals surface area contributed by atoms with Gasteiger partial charge in [0.05, 0.1) is 0 Å². The summed E-state index contributed by atoms with van der Waals surface area (Å²) in [6.07, 6.45) is 0. The second kappa shape index (κ2) is 3.64. The van der Waals surface area contributed by atoms with Crippen LogP contribution < -0.4 is 0 Å². The summed E-state index contributed by atoms with van der Waals surface area (Å²) in [6.45, 7) is 0. The zero-order valence-electron chi connectivity index (χ0n) is 4.22. The summed E-state index contributed by atoms with van der Waals surface area (Å²) in [4.78, 5) is 0. The molecular weight excluding hydrogens is 278 g/mol. The molecule has 0 amide bonds. The van der Waals surface area contributed by atoms with Crippen LogP contribution in [0.25, 0.3) is 5.73 Å². The molecule has 0 saturated heterocycles. The molecule has 0 aromatic heterocycles. The fourth-order valence-corrected chi connectivity index (χ4v) is 0.438. The summed E-state index contributed by atoms with van der Waals surface area (Å²) in [5.74, 6) is 0. The van der Waals surface area contributed by atoms with Crippen LogP contribution in [0.3, 0.4) is 0 Å². The Morgan fingerprint density at radius 3 is 1.75 bits per heavy atom. The predicted molar refractivity (Wildman–Crippen MR) is 30.4 cm³/mol. The number of hydrogen-bond acceptors (Lipinski definition) is 0. The first kappa shape index (κ1) is 7.67. The predicted octanol–water partition coefficient (Wildman–Crippen LogP) is 2.37. The van der Waals surface area contributed by atoms with Crippen molar-refractivity contribution in [3.05, 3.63) is 36.1 Å². The van der Waals surface area contributed by atoms with Gasteiger partial charge in [-0.2, -0.15) is 0 Å². The molecule has 0 fully saturated rings. The van der Waals surface area contributed by atoms with E-state index in [-0.39, 0.29) is 20.1 Å².